The first-order valence-electron chi connectivity index (χ1n) is 6.35. The second kappa shape index (κ2) is 6.93. The molecule has 110 valence electrons. The minimum Gasteiger partial charge on any atom is -0.324 e. The van der Waals surface area contributed by atoms with Gasteiger partial charge < -0.3 is 16.4 Å². The fourth-order valence-electron chi connectivity index (χ4n) is 1.78. The van der Waals surface area contributed by atoms with Crippen molar-refractivity contribution in [2.75, 3.05) is 10.6 Å². The molecule has 2 amide bonds. The fourth-order valence-corrected chi connectivity index (χ4v) is 2.32. The quantitative estimate of drug-likeness (QED) is 0.730. The van der Waals surface area contributed by atoms with Gasteiger partial charge >= 0.3 is 6.03 Å². The number of amides is 2. The van der Waals surface area contributed by atoms with E-state index in [1.54, 1.807) is 24.3 Å². The molecular formula is C15H15BrClN3O. The second-order valence-corrected chi connectivity index (χ2v) is 5.79. The van der Waals surface area contributed by atoms with Crippen LogP contribution in [0.15, 0.2) is 46.9 Å². The smallest absolute Gasteiger partial charge is 0.323 e. The number of hydrogen-bond acceptors (Lipinski definition) is 2. The van der Waals surface area contributed by atoms with Crippen molar-refractivity contribution in [1.29, 1.82) is 0 Å². The summed E-state index contributed by atoms with van der Waals surface area (Å²) in [6.07, 6.45) is 0. The molecule has 0 saturated heterocycles. The predicted molar refractivity (Wildman–Crippen MR) is 90.8 cm³/mol. The Morgan fingerprint density at radius 2 is 1.95 bits per heavy atom. The maximum Gasteiger partial charge on any atom is 0.323 e. The molecule has 0 fully saturated rings. The Labute approximate surface area is 136 Å². The zero-order chi connectivity index (χ0) is 15.4. The van der Waals surface area contributed by atoms with Crippen molar-refractivity contribution in [2.45, 2.75) is 13.0 Å². The second-order valence-electron chi connectivity index (χ2n) is 4.59. The molecule has 2 aromatic carbocycles. The normalized spacial score (nSPS) is 11.8. The van der Waals surface area contributed by atoms with Gasteiger partial charge in [0.1, 0.15) is 0 Å². The Kier molecular flexibility index (Phi) is 5.22. The lowest BCUT2D eigenvalue weighted by Crippen LogP contribution is -2.20. The van der Waals surface area contributed by atoms with E-state index < -0.39 is 0 Å². The zero-order valence-electron chi connectivity index (χ0n) is 11.4. The first kappa shape index (κ1) is 15.8. The standard InChI is InChI=1S/C15H15BrClN3O/c1-9(18)10-4-2-5-11(8-10)19-15(21)20-13-7-3-6-12(17)14(13)16/h2-9H,18H2,1H3,(H2,19,20,21). The Hall–Kier alpha value is -1.56. The van der Waals surface area contributed by atoms with Gasteiger partial charge in [0.2, 0.25) is 0 Å². The fraction of sp³-hybridized carbons (Fsp3) is 0.133. The van der Waals surface area contributed by atoms with Gasteiger partial charge in [0, 0.05) is 11.7 Å². The highest BCUT2D eigenvalue weighted by Crippen LogP contribution is 2.30. The van der Waals surface area contributed by atoms with E-state index in [1.165, 1.54) is 0 Å². The van der Waals surface area contributed by atoms with Gasteiger partial charge in [-0.15, -0.1) is 0 Å². The average Bonchev–Trinajstić information content (AvgIpc) is 2.44. The number of carbonyl (C=O) groups is 1. The number of nitrogens with two attached hydrogens (primary N) is 1. The van der Waals surface area contributed by atoms with Crippen LogP contribution in [0, 0.1) is 0 Å². The van der Waals surface area contributed by atoms with E-state index in [0.29, 0.717) is 20.9 Å². The number of benzene rings is 2. The lowest BCUT2D eigenvalue weighted by molar-refractivity contribution is 0.262. The molecule has 0 bridgehead atoms. The molecule has 2 rings (SSSR count). The molecule has 0 aliphatic rings. The van der Waals surface area contributed by atoms with Gasteiger partial charge in [-0.2, -0.15) is 0 Å². The van der Waals surface area contributed by atoms with Crippen LogP contribution in [-0.2, 0) is 0 Å². The Bertz CT molecular complexity index is 661. The summed E-state index contributed by atoms with van der Waals surface area (Å²) in [6.45, 7) is 1.89. The Balaban J connectivity index is 2.08. The van der Waals surface area contributed by atoms with Crippen LogP contribution in [0.1, 0.15) is 18.5 Å². The molecule has 4 N–H and O–H groups in total. The van der Waals surface area contributed by atoms with Gasteiger partial charge in [-0.25, -0.2) is 4.79 Å². The van der Waals surface area contributed by atoms with Crippen LogP contribution in [0.5, 0.6) is 0 Å². The van der Waals surface area contributed by atoms with Gasteiger partial charge in [0.15, 0.2) is 0 Å². The average molecular weight is 369 g/mol. The maximum absolute atomic E-state index is 12.0. The molecule has 0 saturated carbocycles. The highest BCUT2D eigenvalue weighted by atomic mass is 79.9. The number of anilines is 2. The first-order chi connectivity index (χ1) is 9.97. The molecule has 21 heavy (non-hydrogen) atoms. The van der Waals surface area contributed by atoms with Crippen LogP contribution in [0.2, 0.25) is 5.02 Å². The van der Waals surface area contributed by atoms with E-state index in [2.05, 4.69) is 26.6 Å². The van der Waals surface area contributed by atoms with E-state index in [4.69, 9.17) is 17.3 Å². The maximum atomic E-state index is 12.0. The number of urea groups is 1. The monoisotopic (exact) mass is 367 g/mol. The highest BCUT2D eigenvalue weighted by Gasteiger charge is 2.08. The summed E-state index contributed by atoms with van der Waals surface area (Å²) >= 11 is 9.31. The van der Waals surface area contributed by atoms with Crippen molar-refractivity contribution in [3.8, 4) is 0 Å². The molecule has 0 aliphatic carbocycles. The third kappa shape index (κ3) is 4.20. The van der Waals surface area contributed by atoms with Gasteiger partial charge in [-0.3, -0.25) is 0 Å². The lowest BCUT2D eigenvalue weighted by atomic mass is 10.1. The first-order valence-corrected chi connectivity index (χ1v) is 7.52. The molecule has 4 nitrogen and oxygen atoms in total. The summed E-state index contributed by atoms with van der Waals surface area (Å²) in [7, 11) is 0. The van der Waals surface area contributed by atoms with Crippen molar-refractivity contribution in [1.82, 2.24) is 0 Å². The van der Waals surface area contributed by atoms with Crippen molar-refractivity contribution in [3.63, 3.8) is 0 Å². The van der Waals surface area contributed by atoms with Gasteiger partial charge in [-0.05, 0) is 52.7 Å². The summed E-state index contributed by atoms with van der Waals surface area (Å²) in [5.74, 6) is 0. The van der Waals surface area contributed by atoms with E-state index in [-0.39, 0.29) is 12.1 Å². The summed E-state index contributed by atoms with van der Waals surface area (Å²) in [5.41, 5.74) is 8.06. The minimum absolute atomic E-state index is 0.0862. The molecular weight excluding hydrogens is 354 g/mol. The van der Waals surface area contributed by atoms with E-state index in [0.717, 1.165) is 5.56 Å². The van der Waals surface area contributed by atoms with Crippen LogP contribution in [0.25, 0.3) is 0 Å². The molecule has 0 aromatic heterocycles. The van der Waals surface area contributed by atoms with E-state index >= 15 is 0 Å². The molecule has 2 aromatic rings. The van der Waals surface area contributed by atoms with Gasteiger partial charge in [0.25, 0.3) is 0 Å². The highest BCUT2D eigenvalue weighted by molar-refractivity contribution is 9.10. The Morgan fingerprint density at radius 3 is 2.67 bits per heavy atom. The molecule has 0 aliphatic heterocycles. The molecule has 0 spiro atoms. The summed E-state index contributed by atoms with van der Waals surface area (Å²) in [5, 5.41) is 6.03. The van der Waals surface area contributed by atoms with Crippen molar-refractivity contribution < 1.29 is 4.79 Å². The third-order valence-corrected chi connectivity index (χ3v) is 4.27. The SMILES string of the molecule is CC(N)c1cccc(NC(=O)Nc2cccc(Cl)c2Br)c1. The van der Waals surface area contributed by atoms with Crippen LogP contribution >= 0.6 is 27.5 Å². The number of carbonyl (C=O) groups excluding carboxylic acids is 1. The van der Waals surface area contributed by atoms with Gasteiger partial charge in [0.05, 0.1) is 15.2 Å². The molecule has 1 unspecified atom stereocenters. The van der Waals surface area contributed by atoms with Crippen LogP contribution in [0.4, 0.5) is 16.2 Å². The molecule has 6 heteroatoms. The molecule has 1 atom stereocenters. The summed E-state index contributed by atoms with van der Waals surface area (Å²) in [6, 6.07) is 12.2. The number of rotatable bonds is 3. The van der Waals surface area contributed by atoms with E-state index in [1.807, 2.05) is 25.1 Å². The van der Waals surface area contributed by atoms with Crippen molar-refractivity contribution in [3.05, 3.63) is 57.5 Å². The number of halogens is 2. The topological polar surface area (TPSA) is 67.1 Å². The molecule has 0 heterocycles. The van der Waals surface area contributed by atoms with Crippen molar-refractivity contribution >= 4 is 44.9 Å². The summed E-state index contributed by atoms with van der Waals surface area (Å²) < 4.78 is 0.645. The number of hydrogen-bond donors (Lipinski definition) is 3. The minimum atomic E-state index is -0.347. The third-order valence-electron chi connectivity index (χ3n) is 2.87. The Morgan fingerprint density at radius 1 is 1.24 bits per heavy atom. The lowest BCUT2D eigenvalue weighted by Gasteiger charge is -2.11. The van der Waals surface area contributed by atoms with Crippen LogP contribution in [0.3, 0.4) is 0 Å². The van der Waals surface area contributed by atoms with E-state index in [9.17, 15) is 4.79 Å². The van der Waals surface area contributed by atoms with Crippen LogP contribution in [-0.4, -0.2) is 6.03 Å². The van der Waals surface area contributed by atoms with Crippen LogP contribution < -0.4 is 16.4 Å². The zero-order valence-corrected chi connectivity index (χ0v) is 13.7. The predicted octanol–water partition coefficient (Wildman–Crippen LogP) is 4.77. The molecule has 0 radical (unpaired) electrons. The largest absolute Gasteiger partial charge is 0.324 e. The van der Waals surface area contributed by atoms with Crippen molar-refractivity contribution in [2.24, 2.45) is 5.73 Å². The summed E-state index contributed by atoms with van der Waals surface area (Å²) in [4.78, 5) is 12.0. The van der Waals surface area contributed by atoms with Gasteiger partial charge in [-0.1, -0.05) is 29.8 Å². The number of nitrogens with one attached hydrogen (secondary N) is 2.